The molecule has 1 aliphatic rings. The first-order valence-corrected chi connectivity index (χ1v) is 19.6. The fraction of sp³-hybridized carbons (Fsp3) is 0.357. The van der Waals surface area contributed by atoms with Crippen LogP contribution in [-0.4, -0.2) is 58.4 Å². The van der Waals surface area contributed by atoms with E-state index < -0.39 is 37.9 Å². The lowest BCUT2D eigenvalue weighted by Gasteiger charge is -2.37. The van der Waals surface area contributed by atoms with E-state index in [-0.39, 0.29) is 41.8 Å². The summed E-state index contributed by atoms with van der Waals surface area (Å²) in [6, 6.07) is 24.9. The molecular weight excluding hydrogens is 735 g/mol. The molecule has 6 rings (SSSR count). The number of H-pyrrole nitrogens is 1. The predicted molar refractivity (Wildman–Crippen MR) is 212 cm³/mol. The molecule has 1 fully saturated rings. The molecule has 4 atom stereocenters. The summed E-state index contributed by atoms with van der Waals surface area (Å²) in [4.78, 5) is 43.5. The SMILES string of the molecule is CCCCC#Cc1cn([C@H]2C[C@H](O[P+](=O)O)[C@@H](COC(c3ccccc3)(c3ccc(OC)cc3)c3ccc(OC)cc3)O2)c2nc(NC(=O)C(C)C)[nH]c(=O)c12. The summed E-state index contributed by atoms with van der Waals surface area (Å²) in [6.07, 6.45) is 1.69. The summed E-state index contributed by atoms with van der Waals surface area (Å²) in [5.74, 6) is 6.89. The van der Waals surface area contributed by atoms with Crippen molar-refractivity contribution >= 4 is 31.1 Å². The molecule has 0 radical (unpaired) electrons. The van der Waals surface area contributed by atoms with E-state index in [0.717, 1.165) is 29.5 Å². The molecular formula is C42H46N4O9P+. The smallest absolute Gasteiger partial charge is 0.497 e. The van der Waals surface area contributed by atoms with Crippen LogP contribution >= 0.6 is 8.25 Å². The van der Waals surface area contributed by atoms with Crippen LogP contribution in [0.3, 0.4) is 0 Å². The van der Waals surface area contributed by atoms with Crippen LogP contribution in [0.4, 0.5) is 5.95 Å². The van der Waals surface area contributed by atoms with E-state index in [4.69, 9.17) is 23.5 Å². The monoisotopic (exact) mass is 781 g/mol. The number of aromatic nitrogens is 3. The number of amides is 1. The number of rotatable bonds is 15. The molecule has 3 heterocycles. The zero-order chi connectivity index (χ0) is 39.8. The van der Waals surface area contributed by atoms with Crippen LogP contribution in [0.15, 0.2) is 89.9 Å². The molecule has 13 nitrogen and oxygen atoms in total. The van der Waals surface area contributed by atoms with Crippen molar-refractivity contribution in [1.82, 2.24) is 14.5 Å². The Bertz CT molecular complexity index is 2210. The van der Waals surface area contributed by atoms with Gasteiger partial charge in [0.25, 0.3) is 5.56 Å². The van der Waals surface area contributed by atoms with Crippen LogP contribution in [0, 0.1) is 17.8 Å². The Balaban J connectivity index is 1.43. The lowest BCUT2D eigenvalue weighted by Crippen LogP contribution is -2.38. The van der Waals surface area contributed by atoms with Gasteiger partial charge in [-0.3, -0.25) is 19.9 Å². The molecule has 0 aliphatic carbocycles. The number of benzene rings is 3. The van der Waals surface area contributed by atoms with Crippen molar-refractivity contribution in [2.24, 2.45) is 5.92 Å². The van der Waals surface area contributed by atoms with Crippen molar-refractivity contribution < 1.29 is 37.7 Å². The van der Waals surface area contributed by atoms with Crippen molar-refractivity contribution in [3.63, 3.8) is 0 Å². The minimum atomic E-state index is -3.04. The number of nitrogens with zero attached hydrogens (tertiary/aromatic N) is 2. The Morgan fingerprint density at radius 2 is 1.66 bits per heavy atom. The summed E-state index contributed by atoms with van der Waals surface area (Å²) in [7, 11) is 0.163. The van der Waals surface area contributed by atoms with Crippen LogP contribution in [0.1, 0.15) is 74.9 Å². The summed E-state index contributed by atoms with van der Waals surface area (Å²) < 4.78 is 44.2. The lowest BCUT2D eigenvalue weighted by molar-refractivity contribution is -0.118. The van der Waals surface area contributed by atoms with Gasteiger partial charge in [-0.2, -0.15) is 4.98 Å². The highest BCUT2D eigenvalue weighted by Gasteiger charge is 2.46. The van der Waals surface area contributed by atoms with Gasteiger partial charge < -0.3 is 23.5 Å². The number of fused-ring (bicyclic) bond motifs is 1. The number of anilines is 1. The third kappa shape index (κ3) is 8.70. The van der Waals surface area contributed by atoms with Gasteiger partial charge in [0.1, 0.15) is 35.5 Å². The van der Waals surface area contributed by atoms with Gasteiger partial charge in [-0.25, -0.2) is 0 Å². The van der Waals surface area contributed by atoms with Crippen LogP contribution in [0.2, 0.25) is 0 Å². The number of ether oxygens (including phenoxy) is 4. The third-order valence-electron chi connectivity index (χ3n) is 9.68. The van der Waals surface area contributed by atoms with E-state index in [9.17, 15) is 19.0 Å². The Morgan fingerprint density at radius 3 is 2.23 bits per heavy atom. The summed E-state index contributed by atoms with van der Waals surface area (Å²) >= 11 is 0. The number of methoxy groups -OCH3 is 2. The van der Waals surface area contributed by atoms with Gasteiger partial charge in [0.05, 0.1) is 31.8 Å². The Morgan fingerprint density at radius 1 is 1.04 bits per heavy atom. The molecule has 0 bridgehead atoms. The Hall–Kier alpha value is -5.35. The van der Waals surface area contributed by atoms with Crippen LogP contribution < -0.4 is 20.3 Å². The number of nitrogens with one attached hydrogen (secondary N) is 2. The average molecular weight is 782 g/mol. The molecule has 292 valence electrons. The van der Waals surface area contributed by atoms with Crippen molar-refractivity contribution in [3.8, 4) is 23.3 Å². The number of hydrogen-bond acceptors (Lipinski definition) is 9. The normalized spacial score (nSPS) is 17.1. The Kier molecular flexibility index (Phi) is 13.0. The van der Waals surface area contributed by atoms with E-state index in [2.05, 4.69) is 34.0 Å². The standard InChI is InChI=1S/C42H45N4O9P/c1-6-7-8-10-13-28-25-46(38-37(28)40(48)45-41(43-38)44-39(47)27(2)3)36-24-34(55-56(49)50)35(54-36)26-53-42(29-14-11-9-12-15-29,30-16-20-32(51-4)21-17-30)31-18-22-33(52-5)23-19-31/h9,11-12,14-23,25,27,34-36H,6-8,24,26H2,1-5H3,(H2-,43,44,45,47,48,49,50)/p+1/t34-,35+,36+/m0/s1. The zero-order valence-corrected chi connectivity index (χ0v) is 32.9. The molecule has 3 aromatic carbocycles. The van der Waals surface area contributed by atoms with E-state index >= 15 is 0 Å². The quantitative estimate of drug-likeness (QED) is 0.0428. The molecule has 5 aromatic rings. The van der Waals surface area contributed by atoms with Crippen LogP contribution in [0.25, 0.3) is 11.0 Å². The summed E-state index contributed by atoms with van der Waals surface area (Å²) in [5, 5.41) is 2.90. The molecule has 0 saturated carbocycles. The first-order chi connectivity index (χ1) is 27.1. The van der Waals surface area contributed by atoms with Gasteiger partial charge >= 0.3 is 8.25 Å². The Labute approximate surface area is 326 Å². The van der Waals surface area contributed by atoms with Gasteiger partial charge in [0.2, 0.25) is 11.9 Å². The molecule has 14 heteroatoms. The van der Waals surface area contributed by atoms with Gasteiger partial charge in [-0.05, 0) is 47.4 Å². The number of unbranched alkanes of at least 4 members (excludes halogenated alkanes) is 2. The molecule has 1 aliphatic heterocycles. The minimum absolute atomic E-state index is 0.0261. The fourth-order valence-electron chi connectivity index (χ4n) is 6.74. The van der Waals surface area contributed by atoms with Gasteiger partial charge in [0, 0.05) is 29.5 Å². The van der Waals surface area contributed by atoms with Gasteiger partial charge in [-0.1, -0.05) is 93.6 Å². The molecule has 2 aromatic heterocycles. The summed E-state index contributed by atoms with van der Waals surface area (Å²) in [5.41, 5.74) is 1.37. The number of carbonyl (C=O) groups excluding carboxylic acids is 1. The highest BCUT2D eigenvalue weighted by Crippen LogP contribution is 2.44. The maximum Gasteiger partial charge on any atom is 0.695 e. The third-order valence-corrected chi connectivity index (χ3v) is 10.1. The highest BCUT2D eigenvalue weighted by atomic mass is 31.1. The zero-order valence-electron chi connectivity index (χ0n) is 32.0. The minimum Gasteiger partial charge on any atom is -0.497 e. The second kappa shape index (κ2) is 18.1. The second-order valence-electron chi connectivity index (χ2n) is 13.7. The number of hydrogen-bond donors (Lipinski definition) is 3. The molecule has 56 heavy (non-hydrogen) atoms. The maximum atomic E-state index is 13.6. The first-order valence-electron chi connectivity index (χ1n) is 18.5. The van der Waals surface area contributed by atoms with E-state index in [1.165, 1.54) is 0 Å². The molecule has 0 spiro atoms. The van der Waals surface area contributed by atoms with Crippen LogP contribution in [-0.2, 0) is 29.0 Å². The van der Waals surface area contributed by atoms with Crippen molar-refractivity contribution in [1.29, 1.82) is 0 Å². The maximum absolute atomic E-state index is 13.6. The second-order valence-corrected chi connectivity index (χ2v) is 14.4. The largest absolute Gasteiger partial charge is 0.695 e. The van der Waals surface area contributed by atoms with Crippen LogP contribution in [0.5, 0.6) is 11.5 Å². The van der Waals surface area contributed by atoms with Crippen molar-refractivity contribution in [3.05, 3.63) is 118 Å². The average Bonchev–Trinajstić information content (AvgIpc) is 3.78. The molecule has 1 amide bonds. The molecule has 1 unspecified atom stereocenters. The number of carbonyl (C=O) groups is 1. The molecule has 1 saturated heterocycles. The number of aromatic amines is 1. The van der Waals surface area contributed by atoms with Crippen molar-refractivity contribution in [2.45, 2.75) is 70.5 Å². The van der Waals surface area contributed by atoms with E-state index in [1.54, 1.807) is 38.8 Å². The highest BCUT2D eigenvalue weighted by molar-refractivity contribution is 7.32. The van der Waals surface area contributed by atoms with E-state index in [1.807, 2.05) is 78.9 Å². The summed E-state index contributed by atoms with van der Waals surface area (Å²) in [6.45, 7) is 5.44. The topological polar surface area (TPSA) is 163 Å². The van der Waals surface area contributed by atoms with Gasteiger partial charge in [-0.15, -0.1) is 9.42 Å². The van der Waals surface area contributed by atoms with Crippen molar-refractivity contribution in [2.75, 3.05) is 26.1 Å². The first kappa shape index (κ1) is 40.3. The van der Waals surface area contributed by atoms with Gasteiger partial charge in [0.15, 0.2) is 5.65 Å². The predicted octanol–water partition coefficient (Wildman–Crippen LogP) is 7.21. The lowest BCUT2D eigenvalue weighted by atomic mass is 9.80. The molecule has 3 N–H and O–H groups in total. The van der Waals surface area contributed by atoms with E-state index in [0.29, 0.717) is 23.5 Å². The fourth-order valence-corrected chi connectivity index (χ4v) is 7.20.